The van der Waals surface area contributed by atoms with Gasteiger partial charge in [0.15, 0.2) is 6.23 Å². The van der Waals surface area contributed by atoms with Crippen LogP contribution in [0.2, 0.25) is 0 Å². The lowest BCUT2D eigenvalue weighted by Crippen LogP contribution is -2.34. The highest BCUT2D eigenvalue weighted by atomic mass is 16.5. The molecule has 2 heterocycles. The Morgan fingerprint density at radius 1 is 0.913 bits per heavy atom. The van der Waals surface area contributed by atoms with E-state index in [1.807, 2.05) is 62.4 Å². The number of aromatic nitrogens is 3. The van der Waals surface area contributed by atoms with Crippen LogP contribution < -0.4 is 10.2 Å². The highest BCUT2D eigenvalue weighted by molar-refractivity contribution is 6.01. The van der Waals surface area contributed by atoms with Crippen LogP contribution in [0.4, 0.5) is 5.69 Å². The number of Topliss-reactive ketones (excluding diaryl/α,β-unsaturated/α-hetero) is 1. The third kappa shape index (κ3) is 9.31. The van der Waals surface area contributed by atoms with Crippen molar-refractivity contribution in [3.63, 3.8) is 0 Å². The molecule has 0 aliphatic carbocycles. The van der Waals surface area contributed by atoms with Gasteiger partial charge in [-0.3, -0.25) is 14.4 Å². The number of fused-ring (bicyclic) bond motifs is 5. The molecule has 0 radical (unpaired) electrons. The number of ether oxygens (including phenoxy) is 2. The molecule has 1 aromatic heterocycles. The second kappa shape index (κ2) is 17.1. The average molecular weight is 634 g/mol. The van der Waals surface area contributed by atoms with E-state index >= 15 is 0 Å². The second-order valence-corrected chi connectivity index (χ2v) is 12.3. The number of rotatable bonds is 17. The van der Waals surface area contributed by atoms with Gasteiger partial charge >= 0.3 is 0 Å². The average Bonchev–Trinajstić information content (AvgIpc) is 3.47. The molecule has 248 valence electrons. The molecule has 2 amide bonds. The number of amides is 2. The van der Waals surface area contributed by atoms with Crippen molar-refractivity contribution in [2.45, 2.75) is 72.6 Å². The fourth-order valence-electron chi connectivity index (χ4n) is 5.33. The summed E-state index contributed by atoms with van der Waals surface area (Å²) in [6, 6.07) is 15.2. The summed E-state index contributed by atoms with van der Waals surface area (Å²) < 4.78 is 12.7. The molecule has 11 nitrogen and oxygen atoms in total. The van der Waals surface area contributed by atoms with E-state index in [9.17, 15) is 19.5 Å². The first-order valence-corrected chi connectivity index (χ1v) is 16.2. The summed E-state index contributed by atoms with van der Waals surface area (Å²) >= 11 is 0. The van der Waals surface area contributed by atoms with Gasteiger partial charge in [0.25, 0.3) is 0 Å². The van der Waals surface area contributed by atoms with Crippen LogP contribution in [0, 0.1) is 11.8 Å². The number of hydrogen-bond donors (Lipinski definition) is 2. The van der Waals surface area contributed by atoms with Crippen molar-refractivity contribution in [2.75, 3.05) is 37.9 Å². The summed E-state index contributed by atoms with van der Waals surface area (Å²) in [5, 5.41) is 22.8. The number of hydrogen-bond acceptors (Lipinski definition) is 8. The van der Waals surface area contributed by atoms with Crippen molar-refractivity contribution >= 4 is 23.3 Å². The van der Waals surface area contributed by atoms with E-state index in [1.165, 1.54) is 4.68 Å². The van der Waals surface area contributed by atoms with Gasteiger partial charge in [0.1, 0.15) is 17.2 Å². The summed E-state index contributed by atoms with van der Waals surface area (Å²) in [4.78, 5) is 39.8. The van der Waals surface area contributed by atoms with Crippen molar-refractivity contribution in [1.29, 1.82) is 0 Å². The maximum Gasteiger partial charge on any atom is 0.227 e. The van der Waals surface area contributed by atoms with Crippen LogP contribution in [-0.2, 0) is 30.4 Å². The molecule has 1 atom stereocenters. The maximum atomic E-state index is 13.8. The van der Waals surface area contributed by atoms with E-state index < -0.39 is 6.23 Å². The van der Waals surface area contributed by atoms with Gasteiger partial charge in [-0.2, -0.15) is 0 Å². The number of nitrogens with one attached hydrogen (secondary N) is 1. The van der Waals surface area contributed by atoms with Crippen molar-refractivity contribution in [1.82, 2.24) is 20.3 Å². The number of benzene rings is 2. The molecular formula is C35H47N5O6. The predicted octanol–water partition coefficient (Wildman–Crippen LogP) is 4.93. The summed E-state index contributed by atoms with van der Waals surface area (Å²) in [5.74, 6) is 0.240. The molecule has 11 heteroatoms. The van der Waals surface area contributed by atoms with Gasteiger partial charge in [-0.05, 0) is 30.4 Å². The number of ketones is 1. The number of carbonyl (C=O) groups is 3. The zero-order valence-electron chi connectivity index (χ0n) is 27.4. The molecule has 3 aromatic rings. The maximum absolute atomic E-state index is 13.8. The van der Waals surface area contributed by atoms with Crippen molar-refractivity contribution in [3.05, 3.63) is 54.1 Å². The summed E-state index contributed by atoms with van der Waals surface area (Å²) in [7, 11) is 0. The Morgan fingerprint density at radius 2 is 1.65 bits per heavy atom. The zero-order valence-corrected chi connectivity index (χ0v) is 27.4. The number of aliphatic hydroxyl groups is 1. The Kier molecular flexibility index (Phi) is 13.0. The fourth-order valence-corrected chi connectivity index (χ4v) is 5.33. The second-order valence-electron chi connectivity index (χ2n) is 12.3. The van der Waals surface area contributed by atoms with Crippen molar-refractivity contribution < 1.29 is 29.0 Å². The Bertz CT molecular complexity index is 1470. The minimum atomic E-state index is -1.08. The largest absolute Gasteiger partial charge is 0.379 e. The van der Waals surface area contributed by atoms with E-state index in [1.54, 1.807) is 4.90 Å². The molecule has 0 saturated heterocycles. The highest BCUT2D eigenvalue weighted by Gasteiger charge is 2.30. The van der Waals surface area contributed by atoms with Crippen LogP contribution in [0.25, 0.3) is 22.5 Å². The van der Waals surface area contributed by atoms with Crippen LogP contribution in [0.3, 0.4) is 0 Å². The third-order valence-electron chi connectivity index (χ3n) is 7.94. The van der Waals surface area contributed by atoms with Gasteiger partial charge in [-0.1, -0.05) is 75.4 Å². The zero-order chi connectivity index (χ0) is 33.1. The molecule has 1 aliphatic rings. The number of anilines is 1. The van der Waals surface area contributed by atoms with Crippen LogP contribution in [0.1, 0.15) is 71.6 Å². The lowest BCUT2D eigenvalue weighted by molar-refractivity contribution is -0.125. The molecule has 0 spiro atoms. The summed E-state index contributed by atoms with van der Waals surface area (Å²) in [5.41, 5.74) is 4.23. The lowest BCUT2D eigenvalue weighted by Gasteiger charge is -2.29. The van der Waals surface area contributed by atoms with Crippen LogP contribution in [-0.4, -0.2) is 70.7 Å². The van der Waals surface area contributed by atoms with Crippen molar-refractivity contribution in [3.8, 4) is 22.5 Å². The van der Waals surface area contributed by atoms with Gasteiger partial charge in [-0.15, -0.1) is 5.10 Å². The summed E-state index contributed by atoms with van der Waals surface area (Å²) in [6.45, 7) is 9.82. The minimum Gasteiger partial charge on any atom is -0.379 e. The fraction of sp³-hybridized carbons (Fsp3) is 0.514. The Labute approximate surface area is 271 Å². The molecular weight excluding hydrogens is 586 g/mol. The van der Waals surface area contributed by atoms with Gasteiger partial charge < -0.3 is 24.8 Å². The number of nitrogens with zero attached hydrogens (tertiary/aromatic N) is 4. The van der Waals surface area contributed by atoms with Crippen LogP contribution >= 0.6 is 0 Å². The molecule has 46 heavy (non-hydrogen) atoms. The van der Waals surface area contributed by atoms with E-state index in [0.29, 0.717) is 61.3 Å². The van der Waals surface area contributed by atoms with Gasteiger partial charge in [0, 0.05) is 49.5 Å². The smallest absolute Gasteiger partial charge is 0.227 e. The Morgan fingerprint density at radius 3 is 2.41 bits per heavy atom. The first-order valence-electron chi connectivity index (χ1n) is 16.2. The normalized spacial score (nSPS) is 13.1. The molecule has 1 unspecified atom stereocenters. The monoisotopic (exact) mass is 633 g/mol. The van der Waals surface area contributed by atoms with Crippen LogP contribution in [0.15, 0.2) is 48.5 Å². The highest BCUT2D eigenvalue weighted by Crippen LogP contribution is 2.42. The van der Waals surface area contributed by atoms with E-state index in [0.717, 1.165) is 24.0 Å². The first kappa shape index (κ1) is 34.9. The molecule has 1 aliphatic heterocycles. The Balaban J connectivity index is 1.47. The topological polar surface area (TPSA) is 136 Å². The third-order valence-corrected chi connectivity index (χ3v) is 7.94. The van der Waals surface area contributed by atoms with E-state index in [-0.39, 0.29) is 49.5 Å². The number of carbonyl (C=O) groups excluding carboxylic acids is 3. The lowest BCUT2D eigenvalue weighted by atomic mass is 9.95. The van der Waals surface area contributed by atoms with E-state index in [4.69, 9.17) is 9.47 Å². The molecule has 2 aromatic carbocycles. The first-order chi connectivity index (χ1) is 22.2. The van der Waals surface area contributed by atoms with Crippen molar-refractivity contribution in [2.24, 2.45) is 11.8 Å². The predicted molar refractivity (Wildman–Crippen MR) is 176 cm³/mol. The van der Waals surface area contributed by atoms with Crippen LogP contribution in [0.5, 0.6) is 0 Å². The van der Waals surface area contributed by atoms with Gasteiger partial charge in [0.2, 0.25) is 11.8 Å². The quantitative estimate of drug-likeness (QED) is 0.200. The Hall–Kier alpha value is -3.93. The summed E-state index contributed by atoms with van der Waals surface area (Å²) in [6.07, 6.45) is 1.23. The number of para-hydroxylation sites is 1. The molecule has 2 N–H and O–H groups in total. The standard InChI is InChI=1S/C35H47N5O6/c1-24(2)10-9-19-46-23-33(44)40-35-28-13-7-8-14-29(28)39(22-26-11-5-6-12-27(26)34(35)37-38-40)32(43)16-15-31(42)36-18-21-45-20-17-30(41)25(3)4/h5-8,11-14,24-25,33,44H,9-10,15-23H2,1-4H3,(H,36,42). The van der Waals surface area contributed by atoms with Gasteiger partial charge in [-0.25, -0.2) is 4.68 Å². The molecule has 0 fully saturated rings. The molecule has 0 saturated carbocycles. The minimum absolute atomic E-state index is 0.00327. The van der Waals surface area contributed by atoms with Gasteiger partial charge in [0.05, 0.1) is 32.1 Å². The SMILES string of the molecule is CC(C)CCCOCC(O)n1nnc2c1-c1ccccc1N(C(=O)CCC(=O)NCCOCCC(=O)C(C)C)Cc1ccccc1-2. The van der Waals surface area contributed by atoms with E-state index in [2.05, 4.69) is 29.5 Å². The number of aliphatic hydroxyl groups excluding tert-OH is 1. The molecule has 4 rings (SSSR count). The molecule has 0 bridgehead atoms.